The predicted octanol–water partition coefficient (Wildman–Crippen LogP) is 2.13. The van der Waals surface area contributed by atoms with Crippen molar-refractivity contribution in [3.63, 3.8) is 0 Å². The van der Waals surface area contributed by atoms with Gasteiger partial charge in [-0.2, -0.15) is 0 Å². The summed E-state index contributed by atoms with van der Waals surface area (Å²) in [5.74, 6) is 0.699. The van der Waals surface area contributed by atoms with E-state index in [9.17, 15) is 4.79 Å². The second kappa shape index (κ2) is 4.88. The van der Waals surface area contributed by atoms with Crippen LogP contribution in [-0.2, 0) is 9.53 Å². The van der Waals surface area contributed by atoms with E-state index in [4.69, 9.17) is 14.2 Å². The quantitative estimate of drug-likeness (QED) is 0.578. The number of ether oxygens (including phenoxy) is 3. The maximum atomic E-state index is 11.5. The van der Waals surface area contributed by atoms with Crippen LogP contribution >= 0.6 is 0 Å². The van der Waals surface area contributed by atoms with E-state index in [1.165, 1.54) is 0 Å². The average molecular weight is 222 g/mol. The molecule has 0 spiro atoms. The molecule has 0 bridgehead atoms. The summed E-state index contributed by atoms with van der Waals surface area (Å²) in [6, 6.07) is 7.17. The Morgan fingerprint density at radius 3 is 2.50 bits per heavy atom. The van der Waals surface area contributed by atoms with Crippen molar-refractivity contribution >= 4 is 5.97 Å². The Labute approximate surface area is 94.1 Å². The lowest BCUT2D eigenvalue weighted by molar-refractivity contribution is -0.162. The molecule has 0 amide bonds. The molecule has 1 aromatic carbocycles. The summed E-state index contributed by atoms with van der Waals surface area (Å²) in [6.07, 6.45) is 0.889. The van der Waals surface area contributed by atoms with Gasteiger partial charge >= 0.3 is 12.3 Å². The minimum Gasteiger partial charge on any atom is -0.460 e. The molecular weight excluding hydrogens is 208 g/mol. The summed E-state index contributed by atoms with van der Waals surface area (Å²) in [6.45, 7) is 2.45. The molecule has 0 aliphatic carbocycles. The van der Waals surface area contributed by atoms with Crippen molar-refractivity contribution in [3.8, 4) is 11.5 Å². The molecule has 0 unspecified atom stereocenters. The molecule has 1 aliphatic heterocycles. The SMILES string of the molecule is CCCCOC(=O)C1Oc2ccccc2O1. The number of esters is 1. The third-order valence-corrected chi connectivity index (χ3v) is 2.25. The highest BCUT2D eigenvalue weighted by molar-refractivity contribution is 5.75. The minimum atomic E-state index is -0.950. The number of hydrogen-bond donors (Lipinski definition) is 0. The second-order valence-electron chi connectivity index (χ2n) is 3.54. The van der Waals surface area contributed by atoms with E-state index in [0.29, 0.717) is 18.1 Å². The summed E-state index contributed by atoms with van der Waals surface area (Å²) in [4.78, 5) is 11.5. The van der Waals surface area contributed by atoms with Gasteiger partial charge in [0.25, 0.3) is 0 Å². The van der Waals surface area contributed by atoms with E-state index in [-0.39, 0.29) is 0 Å². The minimum absolute atomic E-state index is 0.412. The Bertz CT molecular complexity index is 350. The average Bonchev–Trinajstić information content (AvgIpc) is 2.73. The van der Waals surface area contributed by atoms with Crippen molar-refractivity contribution in [2.75, 3.05) is 6.61 Å². The molecule has 1 heterocycles. The Kier molecular flexibility index (Phi) is 3.29. The van der Waals surface area contributed by atoms with Crippen LogP contribution in [-0.4, -0.2) is 18.9 Å². The topological polar surface area (TPSA) is 44.8 Å². The van der Waals surface area contributed by atoms with Crippen molar-refractivity contribution < 1.29 is 19.0 Å². The maximum Gasteiger partial charge on any atom is 0.389 e. The van der Waals surface area contributed by atoms with Crippen molar-refractivity contribution in [1.82, 2.24) is 0 Å². The highest BCUT2D eigenvalue weighted by atomic mass is 16.7. The van der Waals surface area contributed by atoms with Crippen LogP contribution in [0.5, 0.6) is 11.5 Å². The van der Waals surface area contributed by atoms with E-state index in [1.807, 2.05) is 19.1 Å². The van der Waals surface area contributed by atoms with E-state index < -0.39 is 12.3 Å². The molecule has 0 saturated carbocycles. The van der Waals surface area contributed by atoms with Gasteiger partial charge in [0.1, 0.15) is 0 Å². The summed E-state index contributed by atoms with van der Waals surface area (Å²) in [5, 5.41) is 0. The largest absolute Gasteiger partial charge is 0.460 e. The van der Waals surface area contributed by atoms with Crippen molar-refractivity contribution in [2.45, 2.75) is 26.1 Å². The van der Waals surface area contributed by atoms with Crippen molar-refractivity contribution in [2.24, 2.45) is 0 Å². The van der Waals surface area contributed by atoms with Gasteiger partial charge in [-0.1, -0.05) is 25.5 Å². The number of carbonyl (C=O) groups is 1. The van der Waals surface area contributed by atoms with Crippen LogP contribution in [0.2, 0.25) is 0 Å². The first kappa shape index (κ1) is 10.8. The first-order chi connectivity index (χ1) is 7.81. The smallest absolute Gasteiger partial charge is 0.389 e. The number of benzene rings is 1. The van der Waals surface area contributed by atoms with Crippen LogP contribution in [0, 0.1) is 0 Å². The van der Waals surface area contributed by atoms with Gasteiger partial charge in [-0.25, -0.2) is 4.79 Å². The number of hydrogen-bond acceptors (Lipinski definition) is 4. The lowest BCUT2D eigenvalue weighted by atomic mass is 10.3. The molecule has 1 aliphatic rings. The fraction of sp³-hybridized carbons (Fsp3) is 0.417. The van der Waals surface area contributed by atoms with Crippen LogP contribution in [0.25, 0.3) is 0 Å². The predicted molar refractivity (Wildman–Crippen MR) is 57.4 cm³/mol. The summed E-state index contributed by atoms with van der Waals surface area (Å²) in [7, 11) is 0. The van der Waals surface area contributed by atoms with Gasteiger partial charge in [0, 0.05) is 0 Å². The molecular formula is C12H14O4. The Morgan fingerprint density at radius 2 is 1.94 bits per heavy atom. The third-order valence-electron chi connectivity index (χ3n) is 2.25. The van der Waals surface area contributed by atoms with Gasteiger partial charge < -0.3 is 14.2 Å². The molecule has 4 heteroatoms. The van der Waals surface area contributed by atoms with Crippen LogP contribution in [0.1, 0.15) is 19.8 Å². The molecule has 0 fully saturated rings. The fourth-order valence-corrected chi connectivity index (χ4v) is 1.38. The normalized spacial score (nSPS) is 13.8. The van der Waals surface area contributed by atoms with E-state index >= 15 is 0 Å². The van der Waals surface area contributed by atoms with Gasteiger partial charge in [-0.05, 0) is 18.6 Å². The van der Waals surface area contributed by atoms with Crippen LogP contribution < -0.4 is 9.47 Å². The zero-order valence-electron chi connectivity index (χ0n) is 9.14. The molecule has 16 heavy (non-hydrogen) atoms. The zero-order valence-corrected chi connectivity index (χ0v) is 9.14. The molecule has 0 aromatic heterocycles. The van der Waals surface area contributed by atoms with Crippen LogP contribution in [0.15, 0.2) is 24.3 Å². The number of para-hydroxylation sites is 2. The molecule has 0 N–H and O–H groups in total. The van der Waals surface area contributed by atoms with Crippen LogP contribution in [0.3, 0.4) is 0 Å². The van der Waals surface area contributed by atoms with E-state index in [2.05, 4.69) is 0 Å². The van der Waals surface area contributed by atoms with E-state index in [1.54, 1.807) is 12.1 Å². The number of rotatable bonds is 4. The third kappa shape index (κ3) is 2.27. The maximum absolute atomic E-state index is 11.5. The van der Waals surface area contributed by atoms with Gasteiger partial charge in [0.2, 0.25) is 0 Å². The summed E-state index contributed by atoms with van der Waals surface area (Å²) >= 11 is 0. The Morgan fingerprint density at radius 1 is 1.31 bits per heavy atom. The second-order valence-corrected chi connectivity index (χ2v) is 3.54. The zero-order chi connectivity index (χ0) is 11.4. The number of fused-ring (bicyclic) bond motifs is 1. The lowest BCUT2D eigenvalue weighted by Crippen LogP contribution is -2.31. The fourth-order valence-electron chi connectivity index (χ4n) is 1.38. The summed E-state index contributed by atoms with van der Waals surface area (Å²) in [5.41, 5.74) is 0. The molecule has 0 atom stereocenters. The highest BCUT2D eigenvalue weighted by Crippen LogP contribution is 2.34. The first-order valence-corrected chi connectivity index (χ1v) is 5.40. The number of carbonyl (C=O) groups excluding carboxylic acids is 1. The Hall–Kier alpha value is -1.71. The molecule has 0 saturated heterocycles. The monoisotopic (exact) mass is 222 g/mol. The molecule has 1 aromatic rings. The molecule has 4 nitrogen and oxygen atoms in total. The van der Waals surface area contributed by atoms with Crippen LogP contribution in [0.4, 0.5) is 0 Å². The van der Waals surface area contributed by atoms with E-state index in [0.717, 1.165) is 12.8 Å². The van der Waals surface area contributed by atoms with Crippen molar-refractivity contribution in [3.05, 3.63) is 24.3 Å². The summed E-state index contributed by atoms with van der Waals surface area (Å²) < 4.78 is 15.6. The molecule has 2 rings (SSSR count). The lowest BCUT2D eigenvalue weighted by Gasteiger charge is -2.09. The molecule has 0 radical (unpaired) electrons. The standard InChI is InChI=1S/C12H14O4/c1-2-3-8-14-11(13)12-15-9-6-4-5-7-10(9)16-12/h4-7,12H,2-3,8H2,1H3. The molecule has 86 valence electrons. The Balaban J connectivity index is 1.88. The van der Waals surface area contributed by atoms with Gasteiger partial charge in [0.15, 0.2) is 11.5 Å². The van der Waals surface area contributed by atoms with Gasteiger partial charge in [-0.15, -0.1) is 0 Å². The number of unbranched alkanes of at least 4 members (excludes halogenated alkanes) is 1. The first-order valence-electron chi connectivity index (χ1n) is 5.40. The van der Waals surface area contributed by atoms with Gasteiger partial charge in [0.05, 0.1) is 6.61 Å². The highest BCUT2D eigenvalue weighted by Gasteiger charge is 2.31. The van der Waals surface area contributed by atoms with Crippen molar-refractivity contribution in [1.29, 1.82) is 0 Å². The van der Waals surface area contributed by atoms with Gasteiger partial charge in [-0.3, -0.25) is 0 Å².